The van der Waals surface area contributed by atoms with Gasteiger partial charge in [-0.05, 0) is 42.3 Å². The van der Waals surface area contributed by atoms with Gasteiger partial charge in [0.1, 0.15) is 18.2 Å². The molecule has 0 saturated carbocycles. The summed E-state index contributed by atoms with van der Waals surface area (Å²) in [7, 11) is 0. The minimum atomic E-state index is 0.629. The average Bonchev–Trinajstić information content (AvgIpc) is 2.82. The van der Waals surface area contributed by atoms with Crippen molar-refractivity contribution in [3.8, 4) is 6.07 Å². The predicted octanol–water partition coefficient (Wildman–Crippen LogP) is 3.77. The standard InChI is InChI=1S/C24H21N7/c1-16-2-5-23(18(10-16)12-25)31-9-6-20-19(14-31)24(30-15-29-20)28-13-17-3-4-21-22(11-17)27-8-7-26-21/h2-5,7-8,10-11,15H,6,9,13-14H2,1H3,(H,28,29,30). The molecule has 0 unspecified atom stereocenters. The summed E-state index contributed by atoms with van der Waals surface area (Å²) in [5.41, 5.74) is 7.76. The van der Waals surface area contributed by atoms with E-state index in [0.717, 1.165) is 57.9 Å². The number of hydrogen-bond donors (Lipinski definition) is 1. The molecule has 2 aromatic carbocycles. The van der Waals surface area contributed by atoms with E-state index in [1.54, 1.807) is 18.7 Å². The third kappa shape index (κ3) is 3.76. The number of fused-ring (bicyclic) bond motifs is 2. The lowest BCUT2D eigenvalue weighted by atomic mass is 10.0. The molecule has 3 heterocycles. The van der Waals surface area contributed by atoms with Gasteiger partial charge in [0.25, 0.3) is 0 Å². The minimum absolute atomic E-state index is 0.629. The quantitative estimate of drug-likeness (QED) is 0.550. The molecular weight excluding hydrogens is 386 g/mol. The molecule has 1 aliphatic heterocycles. The molecule has 0 fully saturated rings. The molecule has 1 N–H and O–H groups in total. The van der Waals surface area contributed by atoms with E-state index >= 15 is 0 Å². The Morgan fingerprint density at radius 2 is 1.90 bits per heavy atom. The Morgan fingerprint density at radius 3 is 2.77 bits per heavy atom. The van der Waals surface area contributed by atoms with Crippen molar-refractivity contribution in [3.05, 3.63) is 83.1 Å². The Bertz CT molecular complexity index is 1310. The minimum Gasteiger partial charge on any atom is -0.366 e. The van der Waals surface area contributed by atoms with Crippen LogP contribution in [0.3, 0.4) is 0 Å². The Kier molecular flexibility index (Phi) is 4.89. The molecule has 0 bridgehead atoms. The predicted molar refractivity (Wildman–Crippen MR) is 120 cm³/mol. The van der Waals surface area contributed by atoms with Crippen molar-refractivity contribution < 1.29 is 0 Å². The van der Waals surface area contributed by atoms with Crippen LogP contribution in [0.25, 0.3) is 11.0 Å². The molecule has 0 radical (unpaired) electrons. The maximum atomic E-state index is 9.59. The van der Waals surface area contributed by atoms with E-state index in [-0.39, 0.29) is 0 Å². The highest BCUT2D eigenvalue weighted by molar-refractivity contribution is 5.74. The maximum Gasteiger partial charge on any atom is 0.134 e. The van der Waals surface area contributed by atoms with Crippen molar-refractivity contribution in [1.82, 2.24) is 19.9 Å². The van der Waals surface area contributed by atoms with Gasteiger partial charge in [0.05, 0.1) is 28.0 Å². The number of aromatic nitrogens is 4. The SMILES string of the molecule is Cc1ccc(N2CCc3ncnc(NCc4ccc5nccnc5c4)c3C2)c(C#N)c1. The molecule has 0 aliphatic carbocycles. The van der Waals surface area contributed by atoms with Crippen LogP contribution in [-0.4, -0.2) is 26.5 Å². The first-order chi connectivity index (χ1) is 15.2. The number of rotatable bonds is 4. The van der Waals surface area contributed by atoms with Crippen LogP contribution in [0.4, 0.5) is 11.5 Å². The molecule has 31 heavy (non-hydrogen) atoms. The van der Waals surface area contributed by atoms with Gasteiger partial charge in [0.2, 0.25) is 0 Å². The fraction of sp³-hybridized carbons (Fsp3) is 0.208. The van der Waals surface area contributed by atoms with Crippen LogP contribution < -0.4 is 10.2 Å². The van der Waals surface area contributed by atoms with Crippen LogP contribution in [0.15, 0.2) is 55.1 Å². The zero-order valence-electron chi connectivity index (χ0n) is 17.2. The normalized spacial score (nSPS) is 13.0. The van der Waals surface area contributed by atoms with E-state index in [1.165, 1.54) is 0 Å². The van der Waals surface area contributed by atoms with Gasteiger partial charge in [-0.2, -0.15) is 5.26 Å². The van der Waals surface area contributed by atoms with Crippen LogP contribution in [0.2, 0.25) is 0 Å². The number of aryl methyl sites for hydroxylation is 1. The molecular formula is C24H21N7. The number of nitriles is 1. The van der Waals surface area contributed by atoms with Crippen molar-refractivity contribution in [2.45, 2.75) is 26.4 Å². The third-order valence-corrected chi connectivity index (χ3v) is 5.61. The van der Waals surface area contributed by atoms with Crippen LogP contribution in [0.1, 0.15) is 27.9 Å². The van der Waals surface area contributed by atoms with Crippen molar-refractivity contribution in [1.29, 1.82) is 5.26 Å². The Hall–Kier alpha value is -4.05. The molecule has 7 heteroatoms. The molecule has 0 saturated heterocycles. The van der Waals surface area contributed by atoms with Gasteiger partial charge in [0.15, 0.2) is 0 Å². The summed E-state index contributed by atoms with van der Waals surface area (Å²) in [6, 6.07) is 14.4. The average molecular weight is 407 g/mol. The van der Waals surface area contributed by atoms with Crippen molar-refractivity contribution in [3.63, 3.8) is 0 Å². The first kappa shape index (κ1) is 18.9. The summed E-state index contributed by atoms with van der Waals surface area (Å²) < 4.78 is 0. The summed E-state index contributed by atoms with van der Waals surface area (Å²) in [6.07, 6.45) is 5.84. The highest BCUT2D eigenvalue weighted by Crippen LogP contribution is 2.30. The second-order valence-corrected chi connectivity index (χ2v) is 7.68. The number of hydrogen-bond acceptors (Lipinski definition) is 7. The molecule has 4 aromatic rings. The van der Waals surface area contributed by atoms with Gasteiger partial charge in [-0.3, -0.25) is 9.97 Å². The number of nitrogens with one attached hydrogen (secondary N) is 1. The second-order valence-electron chi connectivity index (χ2n) is 7.68. The molecule has 0 atom stereocenters. The topological polar surface area (TPSA) is 90.6 Å². The Morgan fingerprint density at radius 1 is 1.03 bits per heavy atom. The molecule has 152 valence electrons. The first-order valence-corrected chi connectivity index (χ1v) is 10.2. The number of anilines is 2. The van der Waals surface area contributed by atoms with Crippen molar-refractivity contribution >= 4 is 22.5 Å². The van der Waals surface area contributed by atoms with Crippen molar-refractivity contribution in [2.24, 2.45) is 0 Å². The first-order valence-electron chi connectivity index (χ1n) is 10.2. The molecule has 0 spiro atoms. The molecule has 5 rings (SSSR count). The van der Waals surface area contributed by atoms with Crippen LogP contribution in [-0.2, 0) is 19.5 Å². The summed E-state index contributed by atoms with van der Waals surface area (Å²) >= 11 is 0. The van der Waals surface area contributed by atoms with E-state index in [1.807, 2.05) is 31.2 Å². The molecule has 2 aromatic heterocycles. The van der Waals surface area contributed by atoms with Gasteiger partial charge in [0, 0.05) is 44.0 Å². The van der Waals surface area contributed by atoms with Gasteiger partial charge in [-0.1, -0.05) is 12.1 Å². The van der Waals surface area contributed by atoms with E-state index in [0.29, 0.717) is 18.7 Å². The summed E-state index contributed by atoms with van der Waals surface area (Å²) in [6.45, 7) is 4.12. The van der Waals surface area contributed by atoms with E-state index < -0.39 is 0 Å². The number of nitrogens with zero attached hydrogens (tertiary/aromatic N) is 6. The molecule has 7 nitrogen and oxygen atoms in total. The largest absolute Gasteiger partial charge is 0.366 e. The van der Waals surface area contributed by atoms with Gasteiger partial charge < -0.3 is 10.2 Å². The highest BCUT2D eigenvalue weighted by Gasteiger charge is 2.23. The zero-order valence-corrected chi connectivity index (χ0v) is 17.2. The fourth-order valence-electron chi connectivity index (χ4n) is 4.02. The number of benzene rings is 2. The fourth-order valence-corrected chi connectivity index (χ4v) is 4.02. The summed E-state index contributed by atoms with van der Waals surface area (Å²) in [4.78, 5) is 20.0. The van der Waals surface area contributed by atoms with Crippen molar-refractivity contribution in [2.75, 3.05) is 16.8 Å². The van der Waals surface area contributed by atoms with E-state index in [4.69, 9.17) is 0 Å². The van der Waals surface area contributed by atoms with E-state index in [2.05, 4.69) is 48.4 Å². The molecule has 1 aliphatic rings. The molecule has 0 amide bonds. The maximum absolute atomic E-state index is 9.59. The highest BCUT2D eigenvalue weighted by atomic mass is 15.2. The van der Waals surface area contributed by atoms with Gasteiger partial charge in [-0.25, -0.2) is 9.97 Å². The monoisotopic (exact) mass is 407 g/mol. The second kappa shape index (κ2) is 8.00. The summed E-state index contributed by atoms with van der Waals surface area (Å²) in [5, 5.41) is 13.1. The lowest BCUT2D eigenvalue weighted by Gasteiger charge is -2.31. The van der Waals surface area contributed by atoms with Crippen LogP contribution in [0, 0.1) is 18.3 Å². The zero-order chi connectivity index (χ0) is 21.2. The third-order valence-electron chi connectivity index (χ3n) is 5.61. The lowest BCUT2D eigenvalue weighted by molar-refractivity contribution is 0.705. The summed E-state index contributed by atoms with van der Waals surface area (Å²) in [5.74, 6) is 0.833. The van der Waals surface area contributed by atoms with Crippen LogP contribution in [0.5, 0.6) is 0 Å². The lowest BCUT2D eigenvalue weighted by Crippen LogP contribution is -2.32. The van der Waals surface area contributed by atoms with Crippen LogP contribution >= 0.6 is 0 Å². The van der Waals surface area contributed by atoms with Gasteiger partial charge in [-0.15, -0.1) is 0 Å². The smallest absolute Gasteiger partial charge is 0.134 e. The Balaban J connectivity index is 1.39. The van der Waals surface area contributed by atoms with E-state index in [9.17, 15) is 5.26 Å². The van der Waals surface area contributed by atoms with Gasteiger partial charge >= 0.3 is 0 Å². The Labute approximate surface area is 180 Å².